The lowest BCUT2D eigenvalue weighted by Gasteiger charge is -2.34. The van der Waals surface area contributed by atoms with E-state index in [1.807, 2.05) is 0 Å². The van der Waals surface area contributed by atoms with Gasteiger partial charge >= 0.3 is 6.18 Å². The first-order valence-electron chi connectivity index (χ1n) is 10.4. The smallest absolute Gasteiger partial charge is 0.410 e. The van der Waals surface area contributed by atoms with Crippen molar-refractivity contribution in [1.29, 1.82) is 0 Å². The van der Waals surface area contributed by atoms with Crippen molar-refractivity contribution in [2.45, 2.75) is 24.7 Å². The number of nitrogens with zero attached hydrogens (tertiary/aromatic N) is 2. The Morgan fingerprint density at radius 2 is 1.77 bits per heavy atom. The molecule has 35 heavy (non-hydrogen) atoms. The summed E-state index contributed by atoms with van der Waals surface area (Å²) in [7, 11) is 4.33. The molecule has 2 N–H and O–H groups in total. The number of hydrogen-bond donors (Lipinski definition) is 2. The highest BCUT2D eigenvalue weighted by Crippen LogP contribution is 2.45. The molecule has 0 saturated carbocycles. The maximum absolute atomic E-state index is 14.0. The molecule has 1 amide bonds. The molecular formula is C23H22ClF3N4O4. The molecule has 0 radical (unpaired) electrons. The predicted octanol–water partition coefficient (Wildman–Crippen LogP) is 5.47. The van der Waals surface area contributed by atoms with Crippen molar-refractivity contribution >= 4 is 29.0 Å². The molecule has 1 aliphatic rings. The molecule has 4 rings (SSSR count). The number of carbonyl (C=O) groups is 1. The van der Waals surface area contributed by atoms with Crippen molar-refractivity contribution in [3.8, 4) is 17.2 Å². The highest BCUT2D eigenvalue weighted by Gasteiger charge is 2.47. The predicted molar refractivity (Wildman–Crippen MR) is 124 cm³/mol. The summed E-state index contributed by atoms with van der Waals surface area (Å²) in [6, 6.07) is 6.77. The lowest BCUT2D eigenvalue weighted by atomic mass is 9.96. The molecule has 2 atom stereocenters. The Kier molecular flexibility index (Phi) is 6.70. The van der Waals surface area contributed by atoms with Crippen LogP contribution in [0.15, 0.2) is 42.6 Å². The molecule has 186 valence electrons. The summed E-state index contributed by atoms with van der Waals surface area (Å²) in [6.45, 7) is 0. The number of halogens is 4. The Morgan fingerprint density at radius 3 is 2.43 bits per heavy atom. The third-order valence-corrected chi connectivity index (χ3v) is 5.94. The van der Waals surface area contributed by atoms with Crippen molar-refractivity contribution in [2.24, 2.45) is 0 Å². The fraction of sp³-hybridized carbons (Fsp3) is 0.304. The number of nitrogens with one attached hydrogen (secondary N) is 2. The molecule has 0 bridgehead atoms. The fourth-order valence-corrected chi connectivity index (χ4v) is 4.16. The van der Waals surface area contributed by atoms with Crippen molar-refractivity contribution in [3.05, 3.63) is 58.7 Å². The molecule has 2 aromatic carbocycles. The topological polar surface area (TPSA) is 86.6 Å². The van der Waals surface area contributed by atoms with Gasteiger partial charge in [0.25, 0.3) is 5.91 Å². The van der Waals surface area contributed by atoms with Crippen LogP contribution in [0.1, 0.15) is 34.4 Å². The minimum absolute atomic E-state index is 0.0585. The number of carbonyl (C=O) groups excluding carboxylic acids is 1. The van der Waals surface area contributed by atoms with E-state index in [9.17, 15) is 18.0 Å². The number of fused-ring (bicyclic) bond motifs is 1. The summed E-state index contributed by atoms with van der Waals surface area (Å²) >= 11 is 6.02. The van der Waals surface area contributed by atoms with Crippen molar-refractivity contribution in [1.82, 2.24) is 9.78 Å². The van der Waals surface area contributed by atoms with E-state index < -0.39 is 24.2 Å². The van der Waals surface area contributed by atoms with Gasteiger partial charge in [-0.2, -0.15) is 18.3 Å². The van der Waals surface area contributed by atoms with Gasteiger partial charge in [-0.15, -0.1) is 0 Å². The van der Waals surface area contributed by atoms with Crippen LogP contribution in [0, 0.1) is 0 Å². The van der Waals surface area contributed by atoms with Gasteiger partial charge in [-0.25, -0.2) is 4.68 Å². The highest BCUT2D eigenvalue weighted by atomic mass is 35.5. The SMILES string of the molecule is COc1ccc(Cl)cc1NC(=O)c1cnn2c1N[C@@H](c1ccc(OC)c(OC)c1)C[C@H]2C(F)(F)F. The molecule has 2 heterocycles. The summed E-state index contributed by atoms with van der Waals surface area (Å²) in [6.07, 6.45) is -3.83. The average Bonchev–Trinajstić information content (AvgIpc) is 3.26. The molecule has 0 aliphatic carbocycles. The van der Waals surface area contributed by atoms with Crippen LogP contribution >= 0.6 is 11.6 Å². The number of anilines is 2. The summed E-state index contributed by atoms with van der Waals surface area (Å²) in [5.41, 5.74) is 0.739. The maximum atomic E-state index is 14.0. The first kappa shape index (κ1) is 24.5. The van der Waals surface area contributed by atoms with Crippen LogP contribution in [0.3, 0.4) is 0 Å². The molecule has 0 saturated heterocycles. The summed E-state index contributed by atoms with van der Waals surface area (Å²) in [5.74, 6) is 0.429. The van der Waals surface area contributed by atoms with Crippen LogP contribution in [0.5, 0.6) is 17.2 Å². The second-order valence-electron chi connectivity index (χ2n) is 7.75. The third kappa shape index (κ3) is 4.81. The molecule has 3 aromatic rings. The van der Waals surface area contributed by atoms with E-state index >= 15 is 0 Å². The number of hydrogen-bond acceptors (Lipinski definition) is 6. The number of aromatic nitrogens is 2. The van der Waals surface area contributed by atoms with Gasteiger partial charge in [0.1, 0.15) is 17.1 Å². The van der Waals surface area contributed by atoms with Gasteiger partial charge in [-0.1, -0.05) is 17.7 Å². The number of rotatable bonds is 6. The Bertz CT molecular complexity index is 1250. The van der Waals surface area contributed by atoms with Gasteiger partial charge in [0.05, 0.1) is 39.3 Å². The molecular weight excluding hydrogens is 489 g/mol. The van der Waals surface area contributed by atoms with E-state index in [0.717, 1.165) is 10.9 Å². The third-order valence-electron chi connectivity index (χ3n) is 5.70. The Morgan fingerprint density at radius 1 is 1.09 bits per heavy atom. The second kappa shape index (κ2) is 9.57. The van der Waals surface area contributed by atoms with E-state index in [2.05, 4.69) is 15.7 Å². The summed E-state index contributed by atoms with van der Waals surface area (Å²) in [4.78, 5) is 13.1. The van der Waals surface area contributed by atoms with E-state index in [1.165, 1.54) is 27.4 Å². The lowest BCUT2D eigenvalue weighted by Crippen LogP contribution is -2.36. The van der Waals surface area contributed by atoms with Gasteiger partial charge in [0.2, 0.25) is 0 Å². The summed E-state index contributed by atoms with van der Waals surface area (Å²) in [5, 5.41) is 9.92. The van der Waals surface area contributed by atoms with Gasteiger partial charge in [-0.05, 0) is 35.9 Å². The molecule has 0 fully saturated rings. The first-order valence-corrected chi connectivity index (χ1v) is 10.8. The number of methoxy groups -OCH3 is 3. The zero-order chi connectivity index (χ0) is 25.3. The highest BCUT2D eigenvalue weighted by molar-refractivity contribution is 6.31. The Hall–Kier alpha value is -3.60. The summed E-state index contributed by atoms with van der Waals surface area (Å²) < 4.78 is 58.6. The van der Waals surface area contributed by atoms with Gasteiger partial charge in [-0.3, -0.25) is 4.79 Å². The number of ether oxygens (including phenoxy) is 3. The van der Waals surface area contributed by atoms with Crippen LogP contribution in [-0.4, -0.2) is 43.2 Å². The van der Waals surface area contributed by atoms with Crippen LogP contribution in [0.25, 0.3) is 0 Å². The van der Waals surface area contributed by atoms with Crippen molar-refractivity contribution < 1.29 is 32.2 Å². The van der Waals surface area contributed by atoms with Gasteiger partial charge < -0.3 is 24.8 Å². The fourth-order valence-electron chi connectivity index (χ4n) is 3.98. The first-order chi connectivity index (χ1) is 16.7. The van der Waals surface area contributed by atoms with Crippen LogP contribution in [0.4, 0.5) is 24.7 Å². The Labute approximate surface area is 203 Å². The van der Waals surface area contributed by atoms with Crippen LogP contribution in [-0.2, 0) is 0 Å². The van der Waals surface area contributed by atoms with Crippen molar-refractivity contribution in [2.75, 3.05) is 32.0 Å². The zero-order valence-electron chi connectivity index (χ0n) is 18.9. The molecule has 1 aromatic heterocycles. The van der Waals surface area contributed by atoms with Crippen molar-refractivity contribution in [3.63, 3.8) is 0 Å². The molecule has 0 unspecified atom stereocenters. The monoisotopic (exact) mass is 510 g/mol. The molecule has 8 nitrogen and oxygen atoms in total. The van der Waals surface area contributed by atoms with Crippen LogP contribution in [0.2, 0.25) is 5.02 Å². The minimum atomic E-state index is -4.60. The largest absolute Gasteiger partial charge is 0.495 e. The number of amides is 1. The second-order valence-corrected chi connectivity index (χ2v) is 8.19. The Balaban J connectivity index is 1.71. The molecule has 0 spiro atoms. The minimum Gasteiger partial charge on any atom is -0.495 e. The molecule has 12 heteroatoms. The molecule has 1 aliphatic heterocycles. The quantitative estimate of drug-likeness (QED) is 0.457. The van der Waals surface area contributed by atoms with E-state index in [4.69, 9.17) is 25.8 Å². The zero-order valence-corrected chi connectivity index (χ0v) is 19.7. The van der Waals surface area contributed by atoms with Gasteiger partial charge in [0, 0.05) is 11.4 Å². The van der Waals surface area contributed by atoms with E-state index in [0.29, 0.717) is 27.8 Å². The average molecular weight is 511 g/mol. The number of benzene rings is 2. The normalized spacial score (nSPS) is 17.2. The standard InChI is InChI=1S/C23H22ClF3N4O4/c1-33-17-7-5-13(24)9-16(17)30-22(32)14-11-28-31-20(23(25,26)27)10-15(29-21(14)31)12-4-6-18(34-2)19(8-12)35-3/h4-9,11,15,20,29H,10H2,1-3H3,(H,30,32)/t15-,20+/m1/s1. The van der Waals surface area contributed by atoms with Gasteiger partial charge in [0.15, 0.2) is 17.5 Å². The number of alkyl halides is 3. The van der Waals surface area contributed by atoms with E-state index in [-0.39, 0.29) is 23.5 Å². The van der Waals surface area contributed by atoms with Crippen LogP contribution < -0.4 is 24.8 Å². The van der Waals surface area contributed by atoms with E-state index in [1.54, 1.807) is 30.3 Å². The lowest BCUT2D eigenvalue weighted by molar-refractivity contribution is -0.173. The maximum Gasteiger partial charge on any atom is 0.410 e.